The van der Waals surface area contributed by atoms with Gasteiger partial charge in [-0.05, 0) is 75.3 Å². The van der Waals surface area contributed by atoms with Gasteiger partial charge in [0.2, 0.25) is 0 Å². The minimum atomic E-state index is -4.62. The molecule has 43 heavy (non-hydrogen) atoms. The average Bonchev–Trinajstić information content (AvgIpc) is 3.64. The summed E-state index contributed by atoms with van der Waals surface area (Å²) in [6.07, 6.45) is 3.19. The first-order chi connectivity index (χ1) is 20.4. The second kappa shape index (κ2) is 10.1. The van der Waals surface area contributed by atoms with Crippen molar-refractivity contribution in [3.8, 4) is 23.1 Å². The van der Waals surface area contributed by atoms with Gasteiger partial charge >= 0.3 is 6.18 Å². The van der Waals surface area contributed by atoms with Crippen LogP contribution in [0.5, 0.6) is 0 Å². The highest BCUT2D eigenvalue weighted by molar-refractivity contribution is 6.04. The van der Waals surface area contributed by atoms with Crippen LogP contribution in [0, 0.1) is 17.7 Å². The fourth-order valence-corrected chi connectivity index (χ4v) is 6.40. The van der Waals surface area contributed by atoms with E-state index in [2.05, 4.69) is 32.4 Å². The summed E-state index contributed by atoms with van der Waals surface area (Å²) >= 11 is 0. The van der Waals surface area contributed by atoms with Crippen LogP contribution in [0.3, 0.4) is 0 Å². The van der Waals surface area contributed by atoms with Crippen LogP contribution in [0.1, 0.15) is 60.8 Å². The van der Waals surface area contributed by atoms with Crippen LogP contribution < -0.4 is 16.4 Å². The van der Waals surface area contributed by atoms with Gasteiger partial charge in [-0.2, -0.15) is 13.2 Å². The summed E-state index contributed by atoms with van der Waals surface area (Å²) in [6, 6.07) is 5.17. The summed E-state index contributed by atoms with van der Waals surface area (Å²) in [5, 5.41) is 5.36. The Morgan fingerprint density at radius 3 is 2.53 bits per heavy atom. The third-order valence-corrected chi connectivity index (χ3v) is 8.33. The molecule has 6 rings (SSSR count). The lowest BCUT2D eigenvalue weighted by Gasteiger charge is -2.27. The molecule has 0 radical (unpaired) electrons. The van der Waals surface area contributed by atoms with Crippen molar-refractivity contribution in [3.05, 3.63) is 71.7 Å². The number of nitrogens with one attached hydrogen (secondary N) is 2. The summed E-state index contributed by atoms with van der Waals surface area (Å²) in [5.74, 6) is 3.71. The Balaban J connectivity index is 1.33. The summed E-state index contributed by atoms with van der Waals surface area (Å²) in [4.78, 5) is 37.9. The van der Waals surface area contributed by atoms with E-state index in [1.54, 1.807) is 13.1 Å². The van der Waals surface area contributed by atoms with E-state index in [9.17, 15) is 22.8 Å². The third kappa shape index (κ3) is 4.92. The molecule has 4 aromatic rings. The second-order valence-electron chi connectivity index (χ2n) is 11.0. The number of anilines is 2. The summed E-state index contributed by atoms with van der Waals surface area (Å²) < 4.78 is 56.6. The number of imidazole rings is 1. The molecule has 3 aromatic heterocycles. The normalized spacial score (nSPS) is 21.0. The molecule has 13 heteroatoms. The van der Waals surface area contributed by atoms with Gasteiger partial charge in [0.05, 0.1) is 5.56 Å². The third-order valence-electron chi connectivity index (χ3n) is 8.33. The molecule has 0 atom stereocenters. The van der Waals surface area contributed by atoms with Gasteiger partial charge in [-0.3, -0.25) is 14.0 Å². The van der Waals surface area contributed by atoms with Gasteiger partial charge in [0.1, 0.15) is 34.5 Å². The molecule has 2 saturated carbocycles. The molecule has 9 nitrogen and oxygen atoms in total. The Kier molecular flexibility index (Phi) is 6.60. The summed E-state index contributed by atoms with van der Waals surface area (Å²) in [6.45, 7) is 1.60. The van der Waals surface area contributed by atoms with Crippen molar-refractivity contribution in [3.63, 3.8) is 0 Å². The zero-order valence-electron chi connectivity index (χ0n) is 22.8. The molecule has 0 aliphatic heterocycles. The number of benzene rings is 1. The number of carbonyl (C=O) groups excluding carboxylic acids is 2. The van der Waals surface area contributed by atoms with Gasteiger partial charge in [-0.15, -0.1) is 0 Å². The molecule has 3 heterocycles. The van der Waals surface area contributed by atoms with Gasteiger partial charge in [-0.25, -0.2) is 19.3 Å². The number of alkyl halides is 3. The van der Waals surface area contributed by atoms with Gasteiger partial charge in [0.25, 0.3) is 11.8 Å². The van der Waals surface area contributed by atoms with Crippen LogP contribution >= 0.6 is 0 Å². The molecular formula is C30H25F4N7O2. The van der Waals surface area contributed by atoms with Crippen LogP contribution in [-0.2, 0) is 16.4 Å². The number of pyridine rings is 1. The highest BCUT2D eigenvalue weighted by Crippen LogP contribution is 2.57. The summed E-state index contributed by atoms with van der Waals surface area (Å²) in [7, 11) is 0. The standard InChI is InChI=1S/C30H25F4N7O2/c1-2-3-22(42)40-29-9-7-28(16-29,8-10-29)27-39-23(24-25(35)37-12-13-41(24)27)19-5-4-17(14-20(19)31)26(43)38-21-15-18(6-11-36-21)30(32,33)34/h4-6,11-15H,7-10,16H2,1H3,(H2,35,37)(H,40,42)(H,36,38,43). The van der Waals surface area contributed by atoms with Gasteiger partial charge in [0.15, 0.2) is 0 Å². The number of aromatic nitrogens is 4. The molecule has 0 saturated heterocycles. The first-order valence-electron chi connectivity index (χ1n) is 13.5. The lowest BCUT2D eigenvalue weighted by atomic mass is 9.83. The van der Waals surface area contributed by atoms with Crippen molar-refractivity contribution in [2.75, 3.05) is 11.1 Å². The van der Waals surface area contributed by atoms with Crippen LogP contribution in [0.4, 0.5) is 29.2 Å². The van der Waals surface area contributed by atoms with Crippen molar-refractivity contribution in [2.45, 2.75) is 56.2 Å². The minimum absolute atomic E-state index is 0.0716. The largest absolute Gasteiger partial charge is 0.416 e. The summed E-state index contributed by atoms with van der Waals surface area (Å²) in [5.41, 5.74) is 5.08. The molecule has 2 bridgehead atoms. The van der Waals surface area contributed by atoms with E-state index in [0.717, 1.165) is 44.0 Å². The lowest BCUT2D eigenvalue weighted by Crippen LogP contribution is -2.44. The molecule has 2 aliphatic carbocycles. The highest BCUT2D eigenvalue weighted by Gasteiger charge is 2.57. The quantitative estimate of drug-likeness (QED) is 0.224. The molecular weight excluding hydrogens is 566 g/mol. The number of rotatable bonds is 5. The van der Waals surface area contributed by atoms with E-state index in [1.165, 1.54) is 18.3 Å². The van der Waals surface area contributed by atoms with E-state index in [0.29, 0.717) is 23.8 Å². The van der Waals surface area contributed by atoms with E-state index >= 15 is 4.39 Å². The van der Waals surface area contributed by atoms with Crippen LogP contribution in [0.25, 0.3) is 16.8 Å². The Hall–Kier alpha value is -4.99. The smallest absolute Gasteiger partial charge is 0.382 e. The zero-order valence-corrected chi connectivity index (χ0v) is 22.8. The molecule has 220 valence electrons. The molecule has 2 fully saturated rings. The number of nitrogens with zero attached hydrogens (tertiary/aromatic N) is 4. The number of nitrogens with two attached hydrogens (primary N) is 1. The fraction of sp³-hybridized carbons (Fsp3) is 0.300. The van der Waals surface area contributed by atoms with Crippen molar-refractivity contribution < 1.29 is 27.2 Å². The number of amides is 2. The van der Waals surface area contributed by atoms with E-state index in [-0.39, 0.29) is 34.4 Å². The second-order valence-corrected chi connectivity index (χ2v) is 11.0. The Morgan fingerprint density at radius 2 is 1.84 bits per heavy atom. The predicted molar refractivity (Wildman–Crippen MR) is 149 cm³/mol. The monoisotopic (exact) mass is 591 g/mol. The van der Waals surface area contributed by atoms with E-state index < -0.39 is 34.4 Å². The zero-order chi connectivity index (χ0) is 30.6. The van der Waals surface area contributed by atoms with E-state index in [1.807, 2.05) is 4.40 Å². The van der Waals surface area contributed by atoms with Crippen LogP contribution in [-0.4, -0.2) is 36.7 Å². The average molecular weight is 592 g/mol. The first kappa shape index (κ1) is 28.1. The molecule has 0 spiro atoms. The van der Waals surface area contributed by atoms with Gasteiger partial charge < -0.3 is 16.4 Å². The van der Waals surface area contributed by atoms with Gasteiger partial charge in [-0.1, -0.05) is 5.92 Å². The topological polar surface area (TPSA) is 127 Å². The van der Waals surface area contributed by atoms with E-state index in [4.69, 9.17) is 10.7 Å². The van der Waals surface area contributed by atoms with Gasteiger partial charge in [0, 0.05) is 40.7 Å². The Labute approximate surface area is 242 Å². The van der Waals surface area contributed by atoms with Crippen molar-refractivity contribution >= 4 is 29.0 Å². The Bertz CT molecular complexity index is 1850. The number of carbonyl (C=O) groups is 2. The number of hydrogen-bond donors (Lipinski definition) is 3. The van der Waals surface area contributed by atoms with Crippen LogP contribution in [0.15, 0.2) is 48.9 Å². The maximum absolute atomic E-state index is 15.6. The molecule has 1 aromatic carbocycles. The lowest BCUT2D eigenvalue weighted by molar-refractivity contribution is -0.137. The number of fused-ring (bicyclic) bond motifs is 3. The molecule has 2 aliphatic rings. The van der Waals surface area contributed by atoms with Crippen molar-refractivity contribution in [1.29, 1.82) is 0 Å². The number of hydrogen-bond acceptors (Lipinski definition) is 6. The number of nitrogen functional groups attached to an aromatic ring is 1. The first-order valence-corrected chi connectivity index (χ1v) is 13.5. The Morgan fingerprint density at radius 1 is 1.07 bits per heavy atom. The SMILES string of the molecule is CC#CC(=O)NC12CCC(c3nc(-c4ccc(C(=O)Nc5cc(C(F)(F)F)ccn5)cc4F)c4c(N)nccn34)(CC1)C2. The highest BCUT2D eigenvalue weighted by atomic mass is 19.4. The van der Waals surface area contributed by atoms with Crippen molar-refractivity contribution in [2.24, 2.45) is 0 Å². The molecule has 0 unspecified atom stereocenters. The van der Waals surface area contributed by atoms with Crippen LogP contribution in [0.2, 0.25) is 0 Å². The predicted octanol–water partition coefficient (Wildman–Crippen LogP) is 4.88. The molecule has 4 N–H and O–H groups in total. The number of halogens is 4. The maximum Gasteiger partial charge on any atom is 0.416 e. The molecule has 2 amide bonds. The minimum Gasteiger partial charge on any atom is -0.382 e. The maximum atomic E-state index is 15.6. The van der Waals surface area contributed by atoms with Crippen molar-refractivity contribution in [1.82, 2.24) is 24.7 Å². The fourth-order valence-electron chi connectivity index (χ4n) is 6.40.